The van der Waals surface area contributed by atoms with E-state index in [0.29, 0.717) is 22.5 Å². The molecule has 1 N–H and O–H groups in total. The third-order valence-electron chi connectivity index (χ3n) is 5.29. The zero-order valence-electron chi connectivity index (χ0n) is 17.7. The molecule has 0 amide bonds. The molecular formula is C23H22FN3O4S2. The number of sulfonamides is 2. The first-order valence-electron chi connectivity index (χ1n) is 10.2. The summed E-state index contributed by atoms with van der Waals surface area (Å²) in [4.78, 5) is 0.103. The van der Waals surface area contributed by atoms with Gasteiger partial charge in [0.15, 0.2) is 0 Å². The predicted octanol–water partition coefficient (Wildman–Crippen LogP) is 4.13. The van der Waals surface area contributed by atoms with Crippen molar-refractivity contribution < 1.29 is 21.2 Å². The molecule has 3 aromatic carbocycles. The van der Waals surface area contributed by atoms with E-state index in [1.807, 2.05) is 0 Å². The van der Waals surface area contributed by atoms with Gasteiger partial charge in [0, 0.05) is 12.1 Å². The number of nitrogens with zero attached hydrogens (tertiary/aromatic N) is 2. The van der Waals surface area contributed by atoms with Gasteiger partial charge in [0.25, 0.3) is 10.0 Å². The lowest BCUT2D eigenvalue weighted by Gasteiger charge is -2.23. The van der Waals surface area contributed by atoms with E-state index < -0.39 is 31.9 Å². The van der Waals surface area contributed by atoms with Crippen molar-refractivity contribution in [3.8, 4) is 0 Å². The van der Waals surface area contributed by atoms with Crippen molar-refractivity contribution in [2.24, 2.45) is 5.10 Å². The van der Waals surface area contributed by atoms with Gasteiger partial charge in [0.1, 0.15) is 5.82 Å². The highest BCUT2D eigenvalue weighted by Crippen LogP contribution is 2.37. The maximum atomic E-state index is 13.5. The molecule has 0 aliphatic carbocycles. The van der Waals surface area contributed by atoms with Gasteiger partial charge in [-0.15, -0.1) is 0 Å². The number of hydrogen-bond acceptors (Lipinski definition) is 5. The molecule has 1 heterocycles. The minimum atomic E-state index is -3.96. The molecule has 0 bridgehead atoms. The van der Waals surface area contributed by atoms with Crippen molar-refractivity contribution in [1.82, 2.24) is 4.41 Å². The molecule has 0 spiro atoms. The van der Waals surface area contributed by atoms with Crippen molar-refractivity contribution in [1.29, 1.82) is 0 Å². The van der Waals surface area contributed by atoms with E-state index in [9.17, 15) is 21.2 Å². The summed E-state index contributed by atoms with van der Waals surface area (Å²) in [6, 6.07) is 19.6. The molecule has 0 aromatic heterocycles. The first-order chi connectivity index (χ1) is 15.7. The van der Waals surface area contributed by atoms with Gasteiger partial charge in [-0.3, -0.25) is 4.72 Å². The average molecular weight is 488 g/mol. The molecule has 10 heteroatoms. The van der Waals surface area contributed by atoms with Crippen LogP contribution >= 0.6 is 0 Å². The number of rotatable bonds is 7. The lowest BCUT2D eigenvalue weighted by atomic mass is 9.99. The molecule has 3 aromatic rings. The normalized spacial score (nSPS) is 16.5. The van der Waals surface area contributed by atoms with E-state index in [-0.39, 0.29) is 17.1 Å². The molecule has 7 nitrogen and oxygen atoms in total. The van der Waals surface area contributed by atoms with Crippen LogP contribution in [0.5, 0.6) is 0 Å². The summed E-state index contributed by atoms with van der Waals surface area (Å²) >= 11 is 0. The standard InChI is InChI=1S/C23H22FN3O4S2/c1-2-32(28,29)26-20-14-10-17(11-15-20)22-16-23(18-8-12-19(24)13-9-18)27(25-22)33(30,31)21-6-4-3-5-7-21/h3-15,23,26H,2,16H2,1H3/t23-/m0/s1. The molecule has 0 saturated heterocycles. The highest BCUT2D eigenvalue weighted by molar-refractivity contribution is 7.92. The van der Waals surface area contributed by atoms with Gasteiger partial charge in [-0.1, -0.05) is 42.5 Å². The summed E-state index contributed by atoms with van der Waals surface area (Å²) in [6.07, 6.45) is 0.276. The SMILES string of the molecule is CCS(=O)(=O)Nc1ccc(C2=NN(S(=O)(=O)c3ccccc3)[C@H](c3ccc(F)cc3)C2)cc1. The highest BCUT2D eigenvalue weighted by Gasteiger charge is 2.37. The van der Waals surface area contributed by atoms with Crippen LogP contribution in [0.25, 0.3) is 0 Å². The van der Waals surface area contributed by atoms with E-state index in [0.717, 1.165) is 4.41 Å². The zero-order chi connectivity index (χ0) is 23.6. The number of benzene rings is 3. The molecule has 0 unspecified atom stereocenters. The Morgan fingerprint density at radius 1 is 0.939 bits per heavy atom. The topological polar surface area (TPSA) is 95.9 Å². The second kappa shape index (κ2) is 8.95. The smallest absolute Gasteiger partial charge is 0.279 e. The quantitative estimate of drug-likeness (QED) is 0.542. The van der Waals surface area contributed by atoms with Crippen LogP contribution in [-0.4, -0.2) is 32.7 Å². The Morgan fingerprint density at radius 2 is 1.58 bits per heavy atom. The lowest BCUT2D eigenvalue weighted by Crippen LogP contribution is -2.27. The molecule has 172 valence electrons. The fraction of sp³-hybridized carbons (Fsp3) is 0.174. The fourth-order valence-electron chi connectivity index (χ4n) is 3.50. The van der Waals surface area contributed by atoms with E-state index in [2.05, 4.69) is 9.82 Å². The predicted molar refractivity (Wildman–Crippen MR) is 125 cm³/mol. The summed E-state index contributed by atoms with van der Waals surface area (Å²) in [5.74, 6) is -0.465. The van der Waals surface area contributed by atoms with Gasteiger partial charge in [0.2, 0.25) is 10.0 Å². The van der Waals surface area contributed by atoms with Crippen molar-refractivity contribution in [2.75, 3.05) is 10.5 Å². The molecule has 33 heavy (non-hydrogen) atoms. The van der Waals surface area contributed by atoms with Gasteiger partial charge in [-0.2, -0.15) is 17.9 Å². The third kappa shape index (κ3) is 4.91. The lowest BCUT2D eigenvalue weighted by molar-refractivity contribution is 0.371. The maximum absolute atomic E-state index is 13.5. The largest absolute Gasteiger partial charge is 0.284 e. The van der Waals surface area contributed by atoms with Gasteiger partial charge >= 0.3 is 0 Å². The van der Waals surface area contributed by atoms with Crippen LogP contribution in [0, 0.1) is 5.82 Å². The van der Waals surface area contributed by atoms with Crippen LogP contribution in [0.3, 0.4) is 0 Å². The molecule has 0 radical (unpaired) electrons. The van der Waals surface area contributed by atoms with Gasteiger partial charge in [-0.05, 0) is 54.4 Å². The van der Waals surface area contributed by atoms with Crippen LogP contribution in [0.1, 0.15) is 30.5 Å². The first-order valence-corrected chi connectivity index (χ1v) is 13.3. The minimum Gasteiger partial charge on any atom is -0.284 e. The van der Waals surface area contributed by atoms with E-state index in [1.54, 1.807) is 61.5 Å². The molecule has 1 aliphatic heterocycles. The van der Waals surface area contributed by atoms with Crippen molar-refractivity contribution in [3.63, 3.8) is 0 Å². The highest BCUT2D eigenvalue weighted by atomic mass is 32.2. The Labute approximate surface area is 192 Å². The Kier molecular flexibility index (Phi) is 6.22. The molecule has 4 rings (SSSR count). The zero-order valence-corrected chi connectivity index (χ0v) is 19.4. The van der Waals surface area contributed by atoms with Crippen LogP contribution in [0.15, 0.2) is 88.9 Å². The molecule has 1 atom stereocenters. The van der Waals surface area contributed by atoms with E-state index in [1.165, 1.54) is 24.3 Å². The fourth-order valence-corrected chi connectivity index (χ4v) is 5.59. The number of hydrogen-bond donors (Lipinski definition) is 1. The second-order valence-electron chi connectivity index (χ2n) is 7.49. The van der Waals surface area contributed by atoms with E-state index >= 15 is 0 Å². The van der Waals surface area contributed by atoms with Crippen LogP contribution < -0.4 is 4.72 Å². The number of nitrogens with one attached hydrogen (secondary N) is 1. The Hall–Kier alpha value is -3.24. The summed E-state index contributed by atoms with van der Waals surface area (Å²) in [7, 11) is -7.37. The number of hydrazone groups is 1. The summed E-state index contributed by atoms with van der Waals surface area (Å²) < 4.78 is 67.3. The molecular weight excluding hydrogens is 465 g/mol. The summed E-state index contributed by atoms with van der Waals surface area (Å²) in [5.41, 5.74) is 2.20. The van der Waals surface area contributed by atoms with Gasteiger partial charge < -0.3 is 0 Å². The van der Waals surface area contributed by atoms with Crippen LogP contribution in [0.2, 0.25) is 0 Å². The van der Waals surface area contributed by atoms with E-state index in [4.69, 9.17) is 0 Å². The van der Waals surface area contributed by atoms with Crippen molar-refractivity contribution >= 4 is 31.4 Å². The Balaban J connectivity index is 1.71. The Morgan fingerprint density at radius 3 is 2.18 bits per heavy atom. The molecule has 1 aliphatic rings. The first kappa shape index (κ1) is 22.9. The van der Waals surface area contributed by atoms with Crippen molar-refractivity contribution in [3.05, 3.63) is 95.8 Å². The van der Waals surface area contributed by atoms with Gasteiger partial charge in [0.05, 0.1) is 22.4 Å². The summed E-state index contributed by atoms with van der Waals surface area (Å²) in [5, 5.41) is 4.44. The van der Waals surface area contributed by atoms with Crippen LogP contribution in [0.4, 0.5) is 10.1 Å². The summed E-state index contributed by atoms with van der Waals surface area (Å²) in [6.45, 7) is 1.54. The minimum absolute atomic E-state index is 0.0485. The molecule has 0 fully saturated rings. The van der Waals surface area contributed by atoms with Crippen LogP contribution in [-0.2, 0) is 20.0 Å². The molecule has 0 saturated carbocycles. The second-order valence-corrected chi connectivity index (χ2v) is 11.3. The maximum Gasteiger partial charge on any atom is 0.279 e. The monoisotopic (exact) mass is 487 g/mol. The van der Waals surface area contributed by atoms with Gasteiger partial charge in [-0.25, -0.2) is 12.8 Å². The number of anilines is 1. The number of halogens is 1. The Bertz CT molecular complexity index is 1370. The van der Waals surface area contributed by atoms with Crippen molar-refractivity contribution in [2.45, 2.75) is 24.3 Å². The average Bonchev–Trinajstić information content (AvgIpc) is 3.27. The third-order valence-corrected chi connectivity index (χ3v) is 8.29.